The third-order valence-corrected chi connectivity index (χ3v) is 4.32. The molecule has 0 unspecified atom stereocenters. The standard InChI is InChI=1S/C9H18ClO3P/c1-3-5-6-9(4-2)7-12-14(10,11)13-8-9/h3-8H2,1-2H3. The zero-order valence-corrected chi connectivity index (χ0v) is 10.4. The van der Waals surface area contributed by atoms with Gasteiger partial charge in [-0.15, -0.1) is 0 Å². The number of rotatable bonds is 4. The minimum Gasteiger partial charge on any atom is -0.296 e. The van der Waals surface area contributed by atoms with E-state index in [1.165, 1.54) is 0 Å². The summed E-state index contributed by atoms with van der Waals surface area (Å²) in [5.74, 6) is 0. The van der Waals surface area contributed by atoms with Crippen molar-refractivity contribution in [2.75, 3.05) is 13.2 Å². The van der Waals surface area contributed by atoms with Gasteiger partial charge in [-0.05, 0) is 12.8 Å². The van der Waals surface area contributed by atoms with Crippen molar-refractivity contribution in [1.82, 2.24) is 0 Å². The molecule has 0 aromatic heterocycles. The molecule has 0 saturated carbocycles. The first-order chi connectivity index (χ1) is 6.54. The van der Waals surface area contributed by atoms with Gasteiger partial charge < -0.3 is 0 Å². The number of halogens is 1. The Hall–Kier alpha value is 0.440. The largest absolute Gasteiger partial charge is 0.424 e. The molecule has 0 N–H and O–H groups in total. The highest BCUT2D eigenvalue weighted by molar-refractivity contribution is 7.81. The molecule has 5 heteroatoms. The first kappa shape index (κ1) is 12.5. The molecular formula is C9H18ClO3P. The van der Waals surface area contributed by atoms with Crippen LogP contribution in [-0.2, 0) is 13.6 Å². The van der Waals surface area contributed by atoms with E-state index in [1.54, 1.807) is 0 Å². The first-order valence-electron chi connectivity index (χ1n) is 5.12. The van der Waals surface area contributed by atoms with E-state index in [9.17, 15) is 4.57 Å². The van der Waals surface area contributed by atoms with Gasteiger partial charge in [0.05, 0.1) is 13.2 Å². The Morgan fingerprint density at radius 2 is 1.93 bits per heavy atom. The average Bonchev–Trinajstić information content (AvgIpc) is 2.18. The molecule has 0 atom stereocenters. The van der Waals surface area contributed by atoms with Gasteiger partial charge in [-0.25, -0.2) is 4.57 Å². The van der Waals surface area contributed by atoms with Crippen molar-refractivity contribution in [3.63, 3.8) is 0 Å². The highest BCUT2D eigenvalue weighted by Gasteiger charge is 2.39. The molecule has 0 aliphatic carbocycles. The van der Waals surface area contributed by atoms with Gasteiger partial charge in [0.1, 0.15) is 0 Å². The fourth-order valence-electron chi connectivity index (χ4n) is 1.58. The van der Waals surface area contributed by atoms with Crippen LogP contribution in [0.25, 0.3) is 0 Å². The van der Waals surface area contributed by atoms with Gasteiger partial charge in [0.25, 0.3) is 0 Å². The maximum atomic E-state index is 11.2. The van der Waals surface area contributed by atoms with Crippen LogP contribution in [-0.4, -0.2) is 13.2 Å². The third-order valence-electron chi connectivity index (χ3n) is 2.86. The van der Waals surface area contributed by atoms with Gasteiger partial charge in [0, 0.05) is 16.7 Å². The van der Waals surface area contributed by atoms with E-state index >= 15 is 0 Å². The summed E-state index contributed by atoms with van der Waals surface area (Å²) in [7, 11) is 0. The molecule has 1 rings (SSSR count). The Labute approximate surface area is 90.4 Å². The van der Waals surface area contributed by atoms with Gasteiger partial charge in [0.2, 0.25) is 0 Å². The van der Waals surface area contributed by atoms with Crippen molar-refractivity contribution in [2.24, 2.45) is 5.41 Å². The van der Waals surface area contributed by atoms with Crippen LogP contribution in [0.2, 0.25) is 0 Å². The Balaban J connectivity index is 2.52. The van der Waals surface area contributed by atoms with E-state index < -0.39 is 6.95 Å². The second-order valence-corrected chi connectivity index (χ2v) is 6.55. The average molecular weight is 241 g/mol. The Bertz CT molecular complexity index is 220. The second kappa shape index (κ2) is 4.98. The molecule has 3 nitrogen and oxygen atoms in total. The molecule has 1 fully saturated rings. The molecule has 14 heavy (non-hydrogen) atoms. The van der Waals surface area contributed by atoms with Crippen molar-refractivity contribution < 1.29 is 13.6 Å². The Morgan fingerprint density at radius 1 is 1.36 bits per heavy atom. The Morgan fingerprint density at radius 3 is 2.36 bits per heavy atom. The lowest BCUT2D eigenvalue weighted by Crippen LogP contribution is -2.34. The van der Waals surface area contributed by atoms with Crippen LogP contribution in [0.1, 0.15) is 39.5 Å². The van der Waals surface area contributed by atoms with Crippen molar-refractivity contribution in [2.45, 2.75) is 39.5 Å². The summed E-state index contributed by atoms with van der Waals surface area (Å²) in [5, 5.41) is 0. The number of unbranched alkanes of at least 4 members (excludes halogenated alkanes) is 1. The van der Waals surface area contributed by atoms with Gasteiger partial charge in [-0.3, -0.25) is 9.05 Å². The summed E-state index contributed by atoms with van der Waals surface area (Å²) < 4.78 is 21.4. The van der Waals surface area contributed by atoms with Gasteiger partial charge in [-0.1, -0.05) is 26.7 Å². The quantitative estimate of drug-likeness (QED) is 0.698. The van der Waals surface area contributed by atoms with Gasteiger partial charge >= 0.3 is 6.95 Å². The molecule has 0 amide bonds. The first-order valence-corrected chi connectivity index (χ1v) is 7.57. The smallest absolute Gasteiger partial charge is 0.296 e. The lowest BCUT2D eigenvalue weighted by atomic mass is 9.82. The minimum atomic E-state index is -3.24. The maximum absolute atomic E-state index is 11.2. The molecule has 0 spiro atoms. The van der Waals surface area contributed by atoms with Crippen LogP contribution >= 0.6 is 18.2 Å². The fourth-order valence-corrected chi connectivity index (χ4v) is 2.81. The van der Waals surface area contributed by atoms with Crippen LogP contribution < -0.4 is 0 Å². The topological polar surface area (TPSA) is 35.5 Å². The highest BCUT2D eigenvalue weighted by atomic mass is 35.7. The van der Waals surface area contributed by atoms with E-state index in [0.29, 0.717) is 13.2 Å². The van der Waals surface area contributed by atoms with Crippen molar-refractivity contribution in [3.05, 3.63) is 0 Å². The van der Waals surface area contributed by atoms with Crippen LogP contribution in [0.5, 0.6) is 0 Å². The van der Waals surface area contributed by atoms with Crippen LogP contribution in [0.15, 0.2) is 0 Å². The summed E-state index contributed by atoms with van der Waals surface area (Å²) >= 11 is 5.50. The van der Waals surface area contributed by atoms with E-state index in [1.807, 2.05) is 0 Å². The van der Waals surface area contributed by atoms with E-state index in [4.69, 9.17) is 20.3 Å². The molecular weight excluding hydrogens is 223 g/mol. The lowest BCUT2D eigenvalue weighted by molar-refractivity contribution is 0.0134. The van der Waals surface area contributed by atoms with Crippen molar-refractivity contribution in [3.8, 4) is 0 Å². The molecule has 1 saturated heterocycles. The maximum Gasteiger partial charge on any atom is 0.424 e. The van der Waals surface area contributed by atoms with Crippen molar-refractivity contribution in [1.29, 1.82) is 0 Å². The number of hydrogen-bond acceptors (Lipinski definition) is 3. The van der Waals surface area contributed by atoms with E-state index in [2.05, 4.69) is 13.8 Å². The van der Waals surface area contributed by atoms with E-state index in [-0.39, 0.29) is 5.41 Å². The molecule has 84 valence electrons. The molecule has 1 heterocycles. The summed E-state index contributed by atoms with van der Waals surface area (Å²) in [4.78, 5) is 0. The van der Waals surface area contributed by atoms with Crippen molar-refractivity contribution >= 4 is 18.2 Å². The normalized spacial score (nSPS) is 38.5. The van der Waals surface area contributed by atoms with Crippen LogP contribution in [0, 0.1) is 5.41 Å². The highest BCUT2D eigenvalue weighted by Crippen LogP contribution is 2.59. The molecule has 0 aromatic carbocycles. The Kier molecular flexibility index (Phi) is 4.45. The molecule has 1 aliphatic rings. The zero-order chi connectivity index (χ0) is 10.7. The predicted octanol–water partition coefficient (Wildman–Crippen LogP) is 3.97. The molecule has 0 bridgehead atoms. The van der Waals surface area contributed by atoms with Crippen LogP contribution in [0.3, 0.4) is 0 Å². The van der Waals surface area contributed by atoms with Gasteiger partial charge in [-0.2, -0.15) is 0 Å². The van der Waals surface area contributed by atoms with E-state index in [0.717, 1.165) is 25.7 Å². The summed E-state index contributed by atoms with van der Waals surface area (Å²) in [6, 6.07) is 0. The lowest BCUT2D eigenvalue weighted by Gasteiger charge is -2.37. The minimum absolute atomic E-state index is 0.0266. The number of hydrogen-bond donors (Lipinski definition) is 0. The summed E-state index contributed by atoms with van der Waals surface area (Å²) in [6.45, 7) is 1.94. The fraction of sp³-hybridized carbons (Fsp3) is 1.00. The summed E-state index contributed by atoms with van der Waals surface area (Å²) in [5.41, 5.74) is 0.0266. The third kappa shape index (κ3) is 3.23. The molecule has 0 aromatic rings. The SMILES string of the molecule is CCCCC1(CC)COP(=O)(Cl)OC1. The second-order valence-electron chi connectivity index (χ2n) is 3.93. The van der Waals surface area contributed by atoms with Crippen LogP contribution in [0.4, 0.5) is 0 Å². The zero-order valence-electron chi connectivity index (χ0n) is 8.79. The predicted molar refractivity (Wildman–Crippen MR) is 57.6 cm³/mol. The molecule has 1 aliphatic heterocycles. The summed E-state index contributed by atoms with van der Waals surface area (Å²) in [6.07, 6.45) is 4.33. The monoisotopic (exact) mass is 240 g/mol. The molecule has 0 radical (unpaired) electrons. The van der Waals surface area contributed by atoms with Gasteiger partial charge in [0.15, 0.2) is 0 Å².